The first-order valence-corrected chi connectivity index (χ1v) is 10.6. The first-order valence-electron chi connectivity index (χ1n) is 10.6. The number of carbonyl (C=O) groups is 1. The molecule has 1 aromatic rings. The van der Waals surface area contributed by atoms with Crippen LogP contribution in [0.4, 0.5) is 0 Å². The topological polar surface area (TPSA) is 55.8 Å². The Labute approximate surface area is 162 Å². The van der Waals surface area contributed by atoms with Gasteiger partial charge in [0.25, 0.3) is 0 Å². The smallest absolute Gasteiger partial charge is 0.339 e. The SMILES string of the molecule is CCCCCc1cc2c3c(c1C(=O)O)O[C@H](C)C1CCC(C3C1)C(C)(C)O2. The fourth-order valence-corrected chi connectivity index (χ4v) is 5.68. The van der Waals surface area contributed by atoms with E-state index in [1.165, 1.54) is 0 Å². The molecule has 0 spiro atoms. The van der Waals surface area contributed by atoms with E-state index in [0.29, 0.717) is 29.1 Å². The minimum absolute atomic E-state index is 0.0488. The van der Waals surface area contributed by atoms with Gasteiger partial charge in [-0.05, 0) is 76.3 Å². The van der Waals surface area contributed by atoms with Crippen LogP contribution in [0.25, 0.3) is 0 Å². The van der Waals surface area contributed by atoms with E-state index >= 15 is 0 Å². The quantitative estimate of drug-likeness (QED) is 0.687. The Kier molecular flexibility index (Phi) is 4.64. The molecule has 4 nitrogen and oxygen atoms in total. The fraction of sp³-hybridized carbons (Fsp3) is 0.696. The van der Waals surface area contributed by atoms with Crippen LogP contribution in [0.5, 0.6) is 11.5 Å². The minimum Gasteiger partial charge on any atom is -0.489 e. The van der Waals surface area contributed by atoms with Gasteiger partial charge in [0.05, 0.1) is 6.10 Å². The summed E-state index contributed by atoms with van der Waals surface area (Å²) < 4.78 is 12.9. The van der Waals surface area contributed by atoms with Gasteiger partial charge in [0.1, 0.15) is 22.7 Å². The number of rotatable bonds is 5. The number of aryl methyl sites for hydroxylation is 1. The van der Waals surface area contributed by atoms with Crippen LogP contribution in [0.15, 0.2) is 6.07 Å². The molecule has 2 bridgehead atoms. The zero-order valence-electron chi connectivity index (χ0n) is 17.0. The lowest BCUT2D eigenvalue weighted by molar-refractivity contribution is -0.0180. The molecule has 0 saturated heterocycles. The van der Waals surface area contributed by atoms with Crippen molar-refractivity contribution in [3.8, 4) is 11.5 Å². The third-order valence-corrected chi connectivity index (χ3v) is 7.12. The molecular weight excluding hydrogens is 340 g/mol. The zero-order valence-corrected chi connectivity index (χ0v) is 17.0. The lowest BCUT2D eigenvalue weighted by Crippen LogP contribution is -2.47. The van der Waals surface area contributed by atoms with Crippen LogP contribution in [0.1, 0.15) is 93.6 Å². The van der Waals surface area contributed by atoms with E-state index in [1.54, 1.807) is 0 Å². The number of ether oxygens (including phenoxy) is 2. The number of aromatic carboxylic acids is 1. The van der Waals surface area contributed by atoms with Gasteiger partial charge in [-0.2, -0.15) is 0 Å². The molecular formula is C23H32O4. The predicted molar refractivity (Wildman–Crippen MR) is 105 cm³/mol. The van der Waals surface area contributed by atoms with Crippen molar-refractivity contribution in [1.29, 1.82) is 0 Å². The summed E-state index contributed by atoms with van der Waals surface area (Å²) in [6, 6.07) is 2.01. The highest BCUT2D eigenvalue weighted by Crippen LogP contribution is 2.59. The highest BCUT2D eigenvalue weighted by Gasteiger charge is 2.51. The maximum Gasteiger partial charge on any atom is 0.339 e. The van der Waals surface area contributed by atoms with Crippen molar-refractivity contribution in [1.82, 2.24) is 0 Å². The van der Waals surface area contributed by atoms with Gasteiger partial charge in [-0.3, -0.25) is 0 Å². The van der Waals surface area contributed by atoms with E-state index in [0.717, 1.165) is 61.8 Å². The van der Waals surface area contributed by atoms with Gasteiger partial charge in [-0.15, -0.1) is 0 Å². The summed E-state index contributed by atoms with van der Waals surface area (Å²) in [6.07, 6.45) is 7.34. The van der Waals surface area contributed by atoms with Gasteiger partial charge in [0.15, 0.2) is 0 Å². The molecule has 0 amide bonds. The largest absolute Gasteiger partial charge is 0.489 e. The van der Waals surface area contributed by atoms with Crippen LogP contribution >= 0.6 is 0 Å². The summed E-state index contributed by atoms with van der Waals surface area (Å²) in [5.41, 5.74) is 2.05. The van der Waals surface area contributed by atoms with Crippen molar-refractivity contribution in [3.63, 3.8) is 0 Å². The molecule has 1 aliphatic carbocycles. The lowest BCUT2D eigenvalue weighted by Gasteiger charge is -2.48. The molecule has 148 valence electrons. The number of hydrogen-bond acceptors (Lipinski definition) is 3. The summed E-state index contributed by atoms with van der Waals surface area (Å²) in [6.45, 7) is 8.65. The van der Waals surface area contributed by atoms with Crippen LogP contribution in [0.3, 0.4) is 0 Å². The Hall–Kier alpha value is -1.71. The Morgan fingerprint density at radius 3 is 2.78 bits per heavy atom. The summed E-state index contributed by atoms with van der Waals surface area (Å²) in [5.74, 6) is 1.85. The second-order valence-electron chi connectivity index (χ2n) is 9.23. The number of carboxylic acids is 1. The maximum absolute atomic E-state index is 12.3. The first kappa shape index (κ1) is 18.6. The number of fused-ring (bicyclic) bond motifs is 1. The summed E-state index contributed by atoms with van der Waals surface area (Å²) in [5, 5.41) is 10.1. The standard InChI is InChI=1S/C23H32O4/c1-5-6-7-8-15-12-18-20-16-11-14(9-10-17(16)23(3,4)27-18)13(2)26-21(20)19(15)22(24)25/h12-14,16-17H,5-11H2,1-4H3,(H,24,25)/t13-,14?,16?,17?/m1/s1. The zero-order chi connectivity index (χ0) is 19.3. The summed E-state index contributed by atoms with van der Waals surface area (Å²) in [4.78, 5) is 12.3. The van der Waals surface area contributed by atoms with Crippen molar-refractivity contribution >= 4 is 5.97 Å². The molecule has 4 atom stereocenters. The summed E-state index contributed by atoms with van der Waals surface area (Å²) >= 11 is 0. The minimum atomic E-state index is -0.871. The van der Waals surface area contributed by atoms with E-state index in [-0.39, 0.29) is 11.7 Å². The first-order chi connectivity index (χ1) is 12.8. The monoisotopic (exact) mass is 372 g/mol. The molecule has 2 aliphatic heterocycles. The predicted octanol–water partition coefficient (Wildman–Crippen LogP) is 5.57. The van der Waals surface area contributed by atoms with Crippen LogP contribution in [-0.2, 0) is 6.42 Å². The van der Waals surface area contributed by atoms with E-state index in [4.69, 9.17) is 9.47 Å². The molecule has 1 aromatic carbocycles. The van der Waals surface area contributed by atoms with Crippen molar-refractivity contribution < 1.29 is 19.4 Å². The summed E-state index contributed by atoms with van der Waals surface area (Å²) in [7, 11) is 0. The molecule has 0 radical (unpaired) electrons. The van der Waals surface area contributed by atoms with Crippen LogP contribution in [0, 0.1) is 11.8 Å². The van der Waals surface area contributed by atoms with Crippen molar-refractivity contribution in [2.75, 3.05) is 0 Å². The van der Waals surface area contributed by atoms with Gasteiger partial charge in [0.2, 0.25) is 0 Å². The molecule has 1 N–H and O–H groups in total. The lowest BCUT2D eigenvalue weighted by atomic mass is 9.63. The van der Waals surface area contributed by atoms with Gasteiger partial charge in [0, 0.05) is 11.5 Å². The third kappa shape index (κ3) is 3.01. The van der Waals surface area contributed by atoms with E-state index in [9.17, 15) is 9.90 Å². The molecule has 1 saturated carbocycles. The second-order valence-corrected chi connectivity index (χ2v) is 9.23. The van der Waals surface area contributed by atoms with Gasteiger partial charge in [-0.1, -0.05) is 19.8 Å². The molecule has 4 rings (SSSR count). The van der Waals surface area contributed by atoms with Crippen LogP contribution in [0.2, 0.25) is 0 Å². The highest BCUT2D eigenvalue weighted by molar-refractivity contribution is 5.94. The number of carboxylic acid groups (broad SMARTS) is 1. The molecule has 0 aromatic heterocycles. The Bertz CT molecular complexity index is 751. The Morgan fingerprint density at radius 2 is 2.07 bits per heavy atom. The average molecular weight is 373 g/mol. The molecule has 2 heterocycles. The molecule has 27 heavy (non-hydrogen) atoms. The Balaban J connectivity index is 1.90. The van der Waals surface area contributed by atoms with E-state index in [1.807, 2.05) is 6.07 Å². The van der Waals surface area contributed by atoms with E-state index in [2.05, 4.69) is 27.7 Å². The molecule has 3 unspecified atom stereocenters. The number of hydrogen-bond donors (Lipinski definition) is 1. The number of unbranched alkanes of at least 4 members (excludes halogenated alkanes) is 2. The van der Waals surface area contributed by atoms with Gasteiger partial charge in [-0.25, -0.2) is 4.79 Å². The molecule has 4 heteroatoms. The third-order valence-electron chi connectivity index (χ3n) is 7.12. The van der Waals surface area contributed by atoms with Crippen molar-refractivity contribution in [3.05, 3.63) is 22.8 Å². The second kappa shape index (κ2) is 6.72. The number of benzene rings is 1. The van der Waals surface area contributed by atoms with Crippen molar-refractivity contribution in [2.24, 2.45) is 11.8 Å². The van der Waals surface area contributed by atoms with E-state index < -0.39 is 5.97 Å². The van der Waals surface area contributed by atoms with Crippen LogP contribution < -0.4 is 9.47 Å². The Morgan fingerprint density at radius 1 is 1.30 bits per heavy atom. The maximum atomic E-state index is 12.3. The molecule has 1 fully saturated rings. The van der Waals surface area contributed by atoms with Gasteiger partial charge < -0.3 is 14.6 Å². The van der Waals surface area contributed by atoms with Gasteiger partial charge >= 0.3 is 5.97 Å². The normalized spacial score (nSPS) is 30.1. The van der Waals surface area contributed by atoms with Crippen LogP contribution in [-0.4, -0.2) is 22.8 Å². The van der Waals surface area contributed by atoms with Crippen molar-refractivity contribution in [2.45, 2.75) is 90.3 Å². The fourth-order valence-electron chi connectivity index (χ4n) is 5.68. The average Bonchev–Trinajstić information content (AvgIpc) is 2.70. The highest BCUT2D eigenvalue weighted by atomic mass is 16.5. The molecule has 3 aliphatic rings.